The number of fused-ring (bicyclic) bond motifs is 1. The maximum Gasteiger partial charge on any atom is 0.134 e. The molecule has 104 valence electrons. The van der Waals surface area contributed by atoms with Gasteiger partial charge >= 0.3 is 0 Å². The Morgan fingerprint density at radius 1 is 1.37 bits per heavy atom. The number of nitrogens with zero attached hydrogens (tertiary/aromatic N) is 4. The first-order chi connectivity index (χ1) is 9.17. The van der Waals surface area contributed by atoms with Crippen molar-refractivity contribution in [3.8, 4) is 0 Å². The summed E-state index contributed by atoms with van der Waals surface area (Å²) in [5.74, 6) is 1.83. The van der Waals surface area contributed by atoms with Crippen molar-refractivity contribution in [1.82, 2.24) is 14.9 Å². The fourth-order valence-corrected chi connectivity index (χ4v) is 3.46. The van der Waals surface area contributed by atoms with Gasteiger partial charge < -0.3 is 4.90 Å². The van der Waals surface area contributed by atoms with Crippen molar-refractivity contribution in [2.75, 3.05) is 24.5 Å². The molecule has 19 heavy (non-hydrogen) atoms. The van der Waals surface area contributed by atoms with Gasteiger partial charge in [-0.15, -0.1) is 0 Å². The molecule has 2 aliphatic heterocycles. The number of rotatable bonds is 2. The van der Waals surface area contributed by atoms with Crippen LogP contribution in [0, 0.1) is 0 Å². The molecule has 2 atom stereocenters. The van der Waals surface area contributed by atoms with Crippen LogP contribution in [-0.4, -0.2) is 46.6 Å². The second-order valence-electron chi connectivity index (χ2n) is 5.61. The van der Waals surface area contributed by atoms with Crippen molar-refractivity contribution < 1.29 is 0 Å². The highest BCUT2D eigenvalue weighted by Gasteiger charge is 2.35. The second kappa shape index (κ2) is 5.25. The van der Waals surface area contributed by atoms with E-state index in [2.05, 4.69) is 33.6 Å². The fraction of sp³-hybridized carbons (Fsp3) is 0.714. The summed E-state index contributed by atoms with van der Waals surface area (Å²) in [5.41, 5.74) is 0. The predicted molar refractivity (Wildman–Crippen MR) is 77.8 cm³/mol. The average molecular weight is 281 g/mol. The highest BCUT2D eigenvalue weighted by Crippen LogP contribution is 2.28. The van der Waals surface area contributed by atoms with Crippen LogP contribution in [0.4, 0.5) is 5.82 Å². The van der Waals surface area contributed by atoms with Gasteiger partial charge in [0.25, 0.3) is 0 Å². The normalized spacial score (nSPS) is 27.6. The van der Waals surface area contributed by atoms with Crippen LogP contribution in [0.3, 0.4) is 0 Å². The topological polar surface area (TPSA) is 32.3 Å². The number of hydrogen-bond donors (Lipinski definition) is 0. The Balaban J connectivity index is 1.86. The largest absolute Gasteiger partial charge is 0.351 e. The molecule has 0 aromatic carbocycles. The Morgan fingerprint density at radius 2 is 2.21 bits per heavy atom. The molecule has 0 radical (unpaired) electrons. The smallest absolute Gasteiger partial charge is 0.134 e. The van der Waals surface area contributed by atoms with Gasteiger partial charge in [-0.3, -0.25) is 4.90 Å². The van der Waals surface area contributed by atoms with Crippen LogP contribution in [0.5, 0.6) is 0 Å². The summed E-state index contributed by atoms with van der Waals surface area (Å²) < 4.78 is 0. The summed E-state index contributed by atoms with van der Waals surface area (Å²) in [6, 6.07) is 3.09. The lowest BCUT2D eigenvalue weighted by molar-refractivity contribution is 0.202. The monoisotopic (exact) mass is 280 g/mol. The lowest BCUT2D eigenvalue weighted by Crippen LogP contribution is -2.55. The molecule has 0 aliphatic carbocycles. The summed E-state index contributed by atoms with van der Waals surface area (Å²) in [4.78, 5) is 13.9. The second-order valence-corrected chi connectivity index (χ2v) is 6.00. The maximum absolute atomic E-state index is 6.12. The van der Waals surface area contributed by atoms with Gasteiger partial charge in [0.1, 0.15) is 16.8 Å². The molecule has 0 amide bonds. The summed E-state index contributed by atoms with van der Waals surface area (Å²) in [6.45, 7) is 7.79. The van der Waals surface area contributed by atoms with E-state index in [0.29, 0.717) is 17.2 Å². The Hall–Kier alpha value is -0.870. The molecule has 2 fully saturated rings. The fourth-order valence-electron chi connectivity index (χ4n) is 3.26. The van der Waals surface area contributed by atoms with Crippen LogP contribution in [0.1, 0.15) is 32.5 Å². The van der Waals surface area contributed by atoms with Gasteiger partial charge in [-0.2, -0.15) is 0 Å². The molecule has 0 saturated carbocycles. The minimum atomic E-state index is 0.491. The van der Waals surface area contributed by atoms with E-state index in [1.165, 1.54) is 19.4 Å². The predicted octanol–water partition coefficient (Wildman–Crippen LogP) is 2.37. The van der Waals surface area contributed by atoms with Gasteiger partial charge in [-0.05, 0) is 26.3 Å². The molecule has 3 rings (SSSR count). The van der Waals surface area contributed by atoms with E-state index in [1.54, 1.807) is 0 Å². The van der Waals surface area contributed by atoms with E-state index in [9.17, 15) is 0 Å². The average Bonchev–Trinajstić information content (AvgIpc) is 2.84. The SMILES string of the molecule is CCc1nc(Cl)cc(N2CC3CCCN3CC2C)n1. The van der Waals surface area contributed by atoms with Crippen molar-refractivity contribution in [2.24, 2.45) is 0 Å². The van der Waals surface area contributed by atoms with Crippen molar-refractivity contribution in [1.29, 1.82) is 0 Å². The number of piperazine rings is 1. The highest BCUT2D eigenvalue weighted by atomic mass is 35.5. The van der Waals surface area contributed by atoms with Gasteiger partial charge in [-0.1, -0.05) is 18.5 Å². The quantitative estimate of drug-likeness (QED) is 0.779. The number of anilines is 1. The molecule has 0 spiro atoms. The number of hydrogen-bond acceptors (Lipinski definition) is 4. The highest BCUT2D eigenvalue weighted by molar-refractivity contribution is 6.29. The van der Waals surface area contributed by atoms with Crippen molar-refractivity contribution in [3.63, 3.8) is 0 Å². The van der Waals surface area contributed by atoms with Crippen molar-refractivity contribution in [2.45, 2.75) is 45.2 Å². The van der Waals surface area contributed by atoms with E-state index in [0.717, 1.165) is 31.2 Å². The number of aryl methyl sites for hydroxylation is 1. The summed E-state index contributed by atoms with van der Waals surface area (Å²) >= 11 is 6.12. The van der Waals surface area contributed by atoms with Gasteiger partial charge in [-0.25, -0.2) is 9.97 Å². The van der Waals surface area contributed by atoms with Crippen molar-refractivity contribution in [3.05, 3.63) is 17.0 Å². The number of aromatic nitrogens is 2. The Bertz CT molecular complexity index is 465. The van der Waals surface area contributed by atoms with Gasteiger partial charge in [0.05, 0.1) is 0 Å². The van der Waals surface area contributed by atoms with E-state index in [4.69, 9.17) is 11.6 Å². The molecule has 2 unspecified atom stereocenters. The molecular formula is C14H21ClN4. The van der Waals surface area contributed by atoms with Crippen LogP contribution in [0.2, 0.25) is 5.15 Å². The zero-order valence-corrected chi connectivity index (χ0v) is 12.4. The van der Waals surface area contributed by atoms with Crippen LogP contribution >= 0.6 is 11.6 Å². The Labute approximate surface area is 119 Å². The zero-order valence-electron chi connectivity index (χ0n) is 11.6. The van der Waals surface area contributed by atoms with Gasteiger partial charge in [0, 0.05) is 37.7 Å². The summed E-state index contributed by atoms with van der Waals surface area (Å²) in [6.07, 6.45) is 3.46. The molecule has 2 saturated heterocycles. The molecule has 3 heterocycles. The Kier molecular flexibility index (Phi) is 3.63. The lowest BCUT2D eigenvalue weighted by Gasteiger charge is -2.43. The maximum atomic E-state index is 6.12. The minimum Gasteiger partial charge on any atom is -0.351 e. The van der Waals surface area contributed by atoms with E-state index >= 15 is 0 Å². The van der Waals surface area contributed by atoms with Crippen molar-refractivity contribution >= 4 is 17.4 Å². The minimum absolute atomic E-state index is 0.491. The molecule has 0 bridgehead atoms. The molecule has 0 N–H and O–H groups in total. The van der Waals surface area contributed by atoms with Gasteiger partial charge in [0.15, 0.2) is 0 Å². The van der Waals surface area contributed by atoms with Crippen LogP contribution in [0.25, 0.3) is 0 Å². The molecule has 5 heteroatoms. The zero-order chi connectivity index (χ0) is 13.4. The van der Waals surface area contributed by atoms with Gasteiger partial charge in [0.2, 0.25) is 0 Å². The van der Waals surface area contributed by atoms with Crippen LogP contribution < -0.4 is 4.90 Å². The third kappa shape index (κ3) is 2.56. The number of halogens is 1. The van der Waals surface area contributed by atoms with Crippen LogP contribution in [0.15, 0.2) is 6.07 Å². The molecule has 1 aromatic rings. The first kappa shape index (κ1) is 13.1. The lowest BCUT2D eigenvalue weighted by atomic mass is 10.1. The third-order valence-electron chi connectivity index (χ3n) is 4.28. The third-order valence-corrected chi connectivity index (χ3v) is 4.47. The van der Waals surface area contributed by atoms with Crippen LogP contribution in [-0.2, 0) is 6.42 Å². The first-order valence-electron chi connectivity index (χ1n) is 7.21. The Morgan fingerprint density at radius 3 is 3.00 bits per heavy atom. The molecule has 1 aromatic heterocycles. The molecule has 2 aliphatic rings. The molecular weight excluding hydrogens is 260 g/mol. The summed E-state index contributed by atoms with van der Waals surface area (Å²) in [7, 11) is 0. The van der Waals surface area contributed by atoms with E-state index in [1.807, 2.05) is 6.07 Å². The molecule has 4 nitrogen and oxygen atoms in total. The van der Waals surface area contributed by atoms with E-state index in [-0.39, 0.29) is 0 Å². The summed E-state index contributed by atoms with van der Waals surface area (Å²) in [5, 5.41) is 0.558. The van der Waals surface area contributed by atoms with E-state index < -0.39 is 0 Å². The first-order valence-corrected chi connectivity index (χ1v) is 7.59. The standard InChI is InChI=1S/C14H21ClN4/c1-3-13-16-12(15)7-14(17-13)19-9-11-5-4-6-18(11)8-10(19)2/h7,10-11H,3-6,8-9H2,1-2H3.